The van der Waals surface area contributed by atoms with E-state index in [1.54, 1.807) is 0 Å². The maximum Gasteiger partial charge on any atom is 0.224 e. The van der Waals surface area contributed by atoms with Gasteiger partial charge in [0.2, 0.25) is 5.91 Å². The van der Waals surface area contributed by atoms with Gasteiger partial charge in [-0.25, -0.2) is 0 Å². The topological polar surface area (TPSA) is 55.1 Å². The molecule has 2 unspecified atom stereocenters. The summed E-state index contributed by atoms with van der Waals surface area (Å²) in [4.78, 5) is 12.2. The number of rotatable bonds is 4. The van der Waals surface area contributed by atoms with Crippen LogP contribution in [0.3, 0.4) is 0 Å². The van der Waals surface area contributed by atoms with Crippen LogP contribution in [0.15, 0.2) is 24.3 Å². The molecule has 1 saturated carbocycles. The van der Waals surface area contributed by atoms with E-state index in [1.807, 2.05) is 18.2 Å². The molecule has 1 fully saturated rings. The van der Waals surface area contributed by atoms with Crippen LogP contribution in [0, 0.1) is 5.92 Å². The number of amides is 1. The minimum atomic E-state index is 0.0976. The lowest BCUT2D eigenvalue weighted by Crippen LogP contribution is -2.35. The highest BCUT2D eigenvalue weighted by Crippen LogP contribution is 2.27. The molecule has 0 heterocycles. The van der Waals surface area contributed by atoms with Crippen molar-refractivity contribution in [1.29, 1.82) is 0 Å². The molecular formula is C17H26N2O. The van der Waals surface area contributed by atoms with Crippen molar-refractivity contribution in [1.82, 2.24) is 0 Å². The highest BCUT2D eigenvalue weighted by Gasteiger charge is 2.24. The summed E-state index contributed by atoms with van der Waals surface area (Å²) in [5.41, 5.74) is 8.25. The van der Waals surface area contributed by atoms with Crippen molar-refractivity contribution in [3.63, 3.8) is 0 Å². The van der Waals surface area contributed by atoms with Crippen LogP contribution in [-0.2, 0) is 4.79 Å². The number of anilines is 1. The van der Waals surface area contributed by atoms with E-state index in [0.717, 1.165) is 18.5 Å². The van der Waals surface area contributed by atoms with Crippen molar-refractivity contribution in [3.8, 4) is 0 Å². The molecule has 0 aromatic heterocycles. The molecule has 0 aliphatic heterocycles. The maximum atomic E-state index is 12.2. The zero-order chi connectivity index (χ0) is 14.5. The summed E-state index contributed by atoms with van der Waals surface area (Å²) in [5, 5.41) is 3.07. The minimum absolute atomic E-state index is 0.0976. The van der Waals surface area contributed by atoms with Crippen LogP contribution in [0.4, 0.5) is 5.69 Å². The van der Waals surface area contributed by atoms with Crippen molar-refractivity contribution >= 4 is 11.6 Å². The Morgan fingerprint density at radius 3 is 2.70 bits per heavy atom. The molecule has 3 N–H and O–H groups in total. The number of benzene rings is 1. The molecule has 0 radical (unpaired) electrons. The Balaban J connectivity index is 1.97. The summed E-state index contributed by atoms with van der Waals surface area (Å²) < 4.78 is 0. The van der Waals surface area contributed by atoms with Crippen LogP contribution in [0.1, 0.15) is 57.4 Å². The summed E-state index contributed by atoms with van der Waals surface area (Å²) in [6.07, 6.45) is 5.10. The smallest absolute Gasteiger partial charge is 0.224 e. The summed E-state index contributed by atoms with van der Waals surface area (Å²) in [6, 6.07) is 8.23. The second-order valence-corrected chi connectivity index (χ2v) is 6.20. The molecule has 2 atom stereocenters. The average Bonchev–Trinajstić information content (AvgIpc) is 2.41. The Morgan fingerprint density at radius 2 is 2.00 bits per heavy atom. The van der Waals surface area contributed by atoms with Gasteiger partial charge >= 0.3 is 0 Å². The molecule has 0 spiro atoms. The molecule has 1 aliphatic rings. The number of para-hydroxylation sites is 1. The molecule has 3 heteroatoms. The van der Waals surface area contributed by atoms with Crippen LogP contribution < -0.4 is 11.1 Å². The SMILES string of the molecule is CC(C)c1ccccc1NC(=O)CC1CCCCC1N. The number of nitrogens with one attached hydrogen (secondary N) is 1. The second-order valence-electron chi connectivity index (χ2n) is 6.20. The van der Waals surface area contributed by atoms with Crippen LogP contribution in [0.2, 0.25) is 0 Å². The van der Waals surface area contributed by atoms with E-state index in [-0.39, 0.29) is 11.9 Å². The van der Waals surface area contributed by atoms with Gasteiger partial charge in [-0.3, -0.25) is 4.79 Å². The van der Waals surface area contributed by atoms with Crippen molar-refractivity contribution in [3.05, 3.63) is 29.8 Å². The second kappa shape index (κ2) is 6.89. The van der Waals surface area contributed by atoms with E-state index < -0.39 is 0 Å². The average molecular weight is 274 g/mol. The lowest BCUT2D eigenvalue weighted by Gasteiger charge is -2.28. The van der Waals surface area contributed by atoms with Gasteiger partial charge in [-0.2, -0.15) is 0 Å². The Morgan fingerprint density at radius 1 is 1.30 bits per heavy atom. The van der Waals surface area contributed by atoms with E-state index in [0.29, 0.717) is 18.3 Å². The number of carbonyl (C=O) groups excluding carboxylic acids is 1. The molecular weight excluding hydrogens is 248 g/mol. The van der Waals surface area contributed by atoms with Crippen molar-refractivity contribution in [2.45, 2.75) is 57.9 Å². The quantitative estimate of drug-likeness (QED) is 0.880. The zero-order valence-corrected chi connectivity index (χ0v) is 12.6. The molecule has 0 saturated heterocycles. The van der Waals surface area contributed by atoms with E-state index in [9.17, 15) is 4.79 Å². The maximum absolute atomic E-state index is 12.2. The first kappa shape index (κ1) is 15.0. The minimum Gasteiger partial charge on any atom is -0.327 e. The van der Waals surface area contributed by atoms with Crippen LogP contribution >= 0.6 is 0 Å². The van der Waals surface area contributed by atoms with Gasteiger partial charge in [-0.1, -0.05) is 44.9 Å². The number of hydrogen-bond donors (Lipinski definition) is 2. The third kappa shape index (κ3) is 3.83. The zero-order valence-electron chi connectivity index (χ0n) is 12.6. The molecule has 1 aliphatic carbocycles. The lowest BCUT2D eigenvalue weighted by molar-refractivity contribution is -0.117. The summed E-state index contributed by atoms with van der Waals surface area (Å²) >= 11 is 0. The van der Waals surface area contributed by atoms with Gasteiger partial charge in [-0.15, -0.1) is 0 Å². The van der Waals surface area contributed by atoms with E-state index in [4.69, 9.17) is 5.73 Å². The van der Waals surface area contributed by atoms with Crippen molar-refractivity contribution in [2.75, 3.05) is 5.32 Å². The first-order valence-electron chi connectivity index (χ1n) is 7.72. The Hall–Kier alpha value is -1.35. The first-order valence-corrected chi connectivity index (χ1v) is 7.72. The fourth-order valence-corrected chi connectivity index (χ4v) is 3.04. The van der Waals surface area contributed by atoms with Crippen LogP contribution in [0.5, 0.6) is 0 Å². The molecule has 2 rings (SSSR count). The predicted molar refractivity (Wildman–Crippen MR) is 83.7 cm³/mol. The molecule has 3 nitrogen and oxygen atoms in total. The standard InChI is InChI=1S/C17H26N2O/c1-12(2)14-8-4-6-10-16(14)19-17(20)11-13-7-3-5-9-15(13)18/h4,6,8,10,12-13,15H,3,5,7,9,11,18H2,1-2H3,(H,19,20). The molecule has 20 heavy (non-hydrogen) atoms. The monoisotopic (exact) mass is 274 g/mol. The fraction of sp³-hybridized carbons (Fsp3) is 0.588. The fourth-order valence-electron chi connectivity index (χ4n) is 3.04. The van der Waals surface area contributed by atoms with E-state index >= 15 is 0 Å². The molecule has 110 valence electrons. The van der Waals surface area contributed by atoms with Gasteiger partial charge in [0.1, 0.15) is 0 Å². The summed E-state index contributed by atoms with van der Waals surface area (Å²) in [5.74, 6) is 0.846. The van der Waals surface area contributed by atoms with E-state index in [1.165, 1.54) is 18.4 Å². The molecule has 0 bridgehead atoms. The van der Waals surface area contributed by atoms with Crippen molar-refractivity contribution < 1.29 is 4.79 Å². The molecule has 1 amide bonds. The summed E-state index contributed by atoms with van der Waals surface area (Å²) in [6.45, 7) is 4.28. The van der Waals surface area contributed by atoms with Crippen LogP contribution in [0.25, 0.3) is 0 Å². The first-order chi connectivity index (χ1) is 9.58. The normalized spacial score (nSPS) is 22.8. The number of hydrogen-bond acceptors (Lipinski definition) is 2. The highest BCUT2D eigenvalue weighted by molar-refractivity contribution is 5.91. The summed E-state index contributed by atoms with van der Waals surface area (Å²) in [7, 11) is 0. The predicted octanol–water partition coefficient (Wildman–Crippen LogP) is 3.66. The number of carbonyl (C=O) groups is 1. The number of nitrogens with two attached hydrogens (primary N) is 1. The van der Waals surface area contributed by atoms with Gasteiger partial charge in [0.05, 0.1) is 0 Å². The molecule has 1 aromatic rings. The Kier molecular flexibility index (Phi) is 5.18. The van der Waals surface area contributed by atoms with Gasteiger partial charge in [-0.05, 0) is 36.3 Å². The highest BCUT2D eigenvalue weighted by atomic mass is 16.1. The third-order valence-corrected chi connectivity index (χ3v) is 4.27. The lowest BCUT2D eigenvalue weighted by atomic mass is 9.83. The van der Waals surface area contributed by atoms with Crippen molar-refractivity contribution in [2.24, 2.45) is 11.7 Å². The van der Waals surface area contributed by atoms with E-state index in [2.05, 4.69) is 25.2 Å². The Bertz CT molecular complexity index is 456. The van der Waals surface area contributed by atoms with Gasteiger partial charge in [0, 0.05) is 18.2 Å². The molecule has 1 aromatic carbocycles. The van der Waals surface area contributed by atoms with Gasteiger partial charge in [0.25, 0.3) is 0 Å². The van der Waals surface area contributed by atoms with Gasteiger partial charge in [0.15, 0.2) is 0 Å². The van der Waals surface area contributed by atoms with Crippen LogP contribution in [-0.4, -0.2) is 11.9 Å². The third-order valence-electron chi connectivity index (χ3n) is 4.27. The Labute approximate surface area is 121 Å². The largest absolute Gasteiger partial charge is 0.327 e. The van der Waals surface area contributed by atoms with Gasteiger partial charge < -0.3 is 11.1 Å².